The average Bonchev–Trinajstić information content (AvgIpc) is 2.59. The first-order chi connectivity index (χ1) is 8.59. The summed E-state index contributed by atoms with van der Waals surface area (Å²) in [6, 6.07) is 0.118. The van der Waals surface area contributed by atoms with Crippen LogP contribution in [0.25, 0.3) is 0 Å². The number of rotatable bonds is 3. The molecule has 19 heavy (non-hydrogen) atoms. The minimum atomic E-state index is -0.473. The van der Waals surface area contributed by atoms with Gasteiger partial charge in [0.1, 0.15) is 5.69 Å². The minimum absolute atomic E-state index is 0.0434. The molecule has 1 saturated carbocycles. The summed E-state index contributed by atoms with van der Waals surface area (Å²) >= 11 is 0. The molecule has 0 unspecified atom stereocenters. The van der Waals surface area contributed by atoms with Crippen molar-refractivity contribution in [2.75, 3.05) is 11.1 Å². The predicted octanol–water partition coefficient (Wildman–Crippen LogP) is 2.12. The number of aromatic nitrogens is 2. The Bertz CT molecular complexity index is 539. The summed E-state index contributed by atoms with van der Waals surface area (Å²) in [5, 5.41) is 14.3. The van der Waals surface area contributed by atoms with E-state index in [1.54, 1.807) is 6.92 Å². The van der Waals surface area contributed by atoms with Crippen LogP contribution in [0.2, 0.25) is 0 Å². The zero-order valence-electron chi connectivity index (χ0n) is 11.8. The topological polar surface area (TPSA) is 107 Å². The molecule has 7 nitrogen and oxygen atoms in total. The third-order valence-corrected chi connectivity index (χ3v) is 4.56. The van der Waals surface area contributed by atoms with Crippen LogP contribution in [0.1, 0.15) is 33.4 Å². The molecule has 3 N–H and O–H groups in total. The van der Waals surface area contributed by atoms with Crippen molar-refractivity contribution in [1.82, 2.24) is 9.97 Å². The number of nitrogens with two attached hydrogens (primary N) is 1. The minimum Gasteiger partial charge on any atom is -0.368 e. The van der Waals surface area contributed by atoms with Gasteiger partial charge in [-0.25, -0.2) is 4.98 Å². The normalized spacial score (nSPS) is 20.1. The van der Waals surface area contributed by atoms with Crippen LogP contribution in [-0.4, -0.2) is 20.9 Å². The van der Waals surface area contributed by atoms with E-state index in [9.17, 15) is 10.1 Å². The molecule has 2 rings (SSSR count). The Morgan fingerprint density at radius 2 is 1.79 bits per heavy atom. The van der Waals surface area contributed by atoms with Gasteiger partial charge in [-0.15, -0.1) is 0 Å². The van der Waals surface area contributed by atoms with Gasteiger partial charge in [-0.1, -0.05) is 27.7 Å². The molecule has 1 heterocycles. The number of nitrogen functional groups attached to an aromatic ring is 1. The molecule has 0 bridgehead atoms. The van der Waals surface area contributed by atoms with E-state index in [0.29, 0.717) is 0 Å². The molecular weight excluding hydrogens is 246 g/mol. The Morgan fingerprint density at radius 3 is 2.21 bits per heavy atom. The Kier molecular flexibility index (Phi) is 2.69. The van der Waals surface area contributed by atoms with Gasteiger partial charge >= 0.3 is 5.69 Å². The summed E-state index contributed by atoms with van der Waals surface area (Å²) in [6.45, 7) is 10.0. The number of aryl methyl sites for hydroxylation is 1. The van der Waals surface area contributed by atoms with Gasteiger partial charge in [0.05, 0.1) is 4.92 Å². The number of nitro groups is 1. The fraction of sp³-hybridized carbons (Fsp3) is 0.667. The standard InChI is InChI=1S/C12H19N5O2/c1-6-7(17(18)19)8(16-10(13)14-6)15-9-11(2,3)12(9,4)5/h9H,1-5H3,(H3,13,14,15,16). The van der Waals surface area contributed by atoms with E-state index in [0.717, 1.165) is 0 Å². The van der Waals surface area contributed by atoms with Crippen LogP contribution in [0.15, 0.2) is 0 Å². The predicted molar refractivity (Wildman–Crippen MR) is 72.8 cm³/mol. The maximum Gasteiger partial charge on any atom is 0.332 e. The lowest BCUT2D eigenvalue weighted by Gasteiger charge is -2.09. The van der Waals surface area contributed by atoms with Crippen LogP contribution < -0.4 is 11.1 Å². The van der Waals surface area contributed by atoms with Crippen LogP contribution in [0.3, 0.4) is 0 Å². The fourth-order valence-electron chi connectivity index (χ4n) is 2.60. The number of nitrogens with zero attached hydrogens (tertiary/aromatic N) is 3. The van der Waals surface area contributed by atoms with Gasteiger partial charge in [-0.2, -0.15) is 4.98 Å². The second kappa shape index (κ2) is 3.79. The van der Waals surface area contributed by atoms with Crippen LogP contribution in [0.4, 0.5) is 17.5 Å². The summed E-state index contributed by atoms with van der Waals surface area (Å²) < 4.78 is 0. The molecule has 1 aromatic rings. The van der Waals surface area contributed by atoms with E-state index in [4.69, 9.17) is 5.73 Å². The average molecular weight is 265 g/mol. The zero-order chi connectivity index (χ0) is 14.6. The van der Waals surface area contributed by atoms with Crippen molar-refractivity contribution in [1.29, 1.82) is 0 Å². The van der Waals surface area contributed by atoms with Gasteiger partial charge in [0, 0.05) is 6.04 Å². The third kappa shape index (κ3) is 1.89. The molecule has 1 fully saturated rings. The van der Waals surface area contributed by atoms with E-state index < -0.39 is 4.92 Å². The molecule has 1 aromatic heterocycles. The van der Waals surface area contributed by atoms with Crippen molar-refractivity contribution < 1.29 is 4.92 Å². The second-order valence-corrected chi connectivity index (χ2v) is 6.14. The number of anilines is 2. The van der Waals surface area contributed by atoms with Crippen molar-refractivity contribution in [2.45, 2.75) is 40.7 Å². The Labute approximate surface area is 111 Å². The molecular formula is C12H19N5O2. The highest BCUT2D eigenvalue weighted by atomic mass is 16.6. The second-order valence-electron chi connectivity index (χ2n) is 6.14. The maximum absolute atomic E-state index is 11.1. The largest absolute Gasteiger partial charge is 0.368 e. The molecule has 0 spiro atoms. The maximum atomic E-state index is 11.1. The molecule has 0 amide bonds. The van der Waals surface area contributed by atoms with E-state index in [1.165, 1.54) is 0 Å². The van der Waals surface area contributed by atoms with Gasteiger partial charge in [-0.3, -0.25) is 10.1 Å². The van der Waals surface area contributed by atoms with E-state index >= 15 is 0 Å². The summed E-state index contributed by atoms with van der Waals surface area (Å²) in [4.78, 5) is 18.5. The van der Waals surface area contributed by atoms with Gasteiger partial charge < -0.3 is 11.1 Å². The highest BCUT2D eigenvalue weighted by Gasteiger charge is 2.65. The third-order valence-electron chi connectivity index (χ3n) is 4.56. The lowest BCUT2D eigenvalue weighted by molar-refractivity contribution is -0.385. The Hall–Kier alpha value is -1.92. The monoisotopic (exact) mass is 265 g/mol. The van der Waals surface area contributed by atoms with Crippen molar-refractivity contribution in [3.8, 4) is 0 Å². The number of hydrogen-bond acceptors (Lipinski definition) is 6. The highest BCUT2D eigenvalue weighted by molar-refractivity contribution is 5.62. The van der Waals surface area contributed by atoms with E-state index in [2.05, 4.69) is 43.0 Å². The van der Waals surface area contributed by atoms with Crippen molar-refractivity contribution in [3.05, 3.63) is 15.8 Å². The van der Waals surface area contributed by atoms with Crippen LogP contribution in [0.5, 0.6) is 0 Å². The van der Waals surface area contributed by atoms with Crippen molar-refractivity contribution in [3.63, 3.8) is 0 Å². The van der Waals surface area contributed by atoms with Crippen LogP contribution >= 0.6 is 0 Å². The Balaban J connectivity index is 2.39. The van der Waals surface area contributed by atoms with E-state index in [-0.39, 0.29) is 40.0 Å². The van der Waals surface area contributed by atoms with Gasteiger partial charge in [0.15, 0.2) is 0 Å². The molecule has 7 heteroatoms. The number of nitrogens with one attached hydrogen (secondary N) is 1. The van der Waals surface area contributed by atoms with E-state index in [1.807, 2.05) is 0 Å². The zero-order valence-corrected chi connectivity index (χ0v) is 11.8. The molecule has 1 aliphatic rings. The summed E-state index contributed by atoms with van der Waals surface area (Å²) in [5.41, 5.74) is 5.85. The Morgan fingerprint density at radius 1 is 1.26 bits per heavy atom. The summed E-state index contributed by atoms with van der Waals surface area (Å²) in [6.07, 6.45) is 0. The van der Waals surface area contributed by atoms with Crippen LogP contribution in [0, 0.1) is 27.9 Å². The van der Waals surface area contributed by atoms with Crippen LogP contribution in [-0.2, 0) is 0 Å². The first-order valence-electron chi connectivity index (χ1n) is 6.14. The van der Waals surface area contributed by atoms with Crippen molar-refractivity contribution >= 4 is 17.5 Å². The van der Waals surface area contributed by atoms with Gasteiger partial charge in [-0.05, 0) is 17.8 Å². The summed E-state index contributed by atoms with van der Waals surface area (Å²) in [7, 11) is 0. The highest BCUT2D eigenvalue weighted by Crippen LogP contribution is 2.63. The van der Waals surface area contributed by atoms with Gasteiger partial charge in [0.2, 0.25) is 11.8 Å². The van der Waals surface area contributed by atoms with Crippen molar-refractivity contribution in [2.24, 2.45) is 10.8 Å². The molecule has 0 saturated heterocycles. The first kappa shape index (κ1) is 13.5. The smallest absolute Gasteiger partial charge is 0.332 e. The summed E-state index contributed by atoms with van der Waals surface area (Å²) in [5.74, 6) is 0.250. The molecule has 1 aliphatic carbocycles. The molecule has 0 atom stereocenters. The molecule has 0 aliphatic heterocycles. The van der Waals surface area contributed by atoms with Gasteiger partial charge in [0.25, 0.3) is 0 Å². The first-order valence-corrected chi connectivity index (χ1v) is 6.14. The molecule has 0 aromatic carbocycles. The molecule has 0 radical (unpaired) electrons. The lowest BCUT2D eigenvalue weighted by atomic mass is 10.0. The molecule has 104 valence electrons. The fourth-order valence-corrected chi connectivity index (χ4v) is 2.60. The SMILES string of the molecule is Cc1nc(N)nc(NC2C(C)(C)C2(C)C)c1[N+](=O)[O-]. The quantitative estimate of drug-likeness (QED) is 0.640. The lowest BCUT2D eigenvalue weighted by Crippen LogP contribution is -2.15. The number of hydrogen-bond donors (Lipinski definition) is 2.